The van der Waals surface area contributed by atoms with Gasteiger partial charge >= 0.3 is 0 Å². The standard InChI is InChI=1S/C5H9N3S.ClH/c1-3(6)5-8-7-4(2)9-5;/h3H,6H2,1-2H3;1H. The van der Waals surface area contributed by atoms with Gasteiger partial charge in [-0.15, -0.1) is 33.9 Å². The summed E-state index contributed by atoms with van der Waals surface area (Å²) in [6.07, 6.45) is 0. The molecule has 0 radical (unpaired) electrons. The van der Waals surface area contributed by atoms with Crippen molar-refractivity contribution in [1.82, 2.24) is 10.2 Å². The Labute approximate surface area is 70.1 Å². The topological polar surface area (TPSA) is 51.8 Å². The summed E-state index contributed by atoms with van der Waals surface area (Å²) in [7, 11) is 0. The van der Waals surface area contributed by atoms with E-state index in [1.807, 2.05) is 13.8 Å². The van der Waals surface area contributed by atoms with Gasteiger partial charge in [0.1, 0.15) is 10.0 Å². The van der Waals surface area contributed by atoms with Crippen molar-refractivity contribution in [3.8, 4) is 0 Å². The molecule has 10 heavy (non-hydrogen) atoms. The van der Waals surface area contributed by atoms with E-state index in [4.69, 9.17) is 5.73 Å². The summed E-state index contributed by atoms with van der Waals surface area (Å²) in [5.41, 5.74) is 5.53. The highest BCUT2D eigenvalue weighted by Gasteiger charge is 2.03. The van der Waals surface area contributed by atoms with E-state index >= 15 is 0 Å². The third kappa shape index (κ3) is 2.21. The molecule has 0 saturated heterocycles. The van der Waals surface area contributed by atoms with Gasteiger partial charge in [0.2, 0.25) is 0 Å². The first-order valence-electron chi connectivity index (χ1n) is 2.75. The van der Waals surface area contributed by atoms with Gasteiger partial charge in [-0.3, -0.25) is 0 Å². The van der Waals surface area contributed by atoms with Gasteiger partial charge in [-0.1, -0.05) is 0 Å². The summed E-state index contributed by atoms with van der Waals surface area (Å²) in [6.45, 7) is 3.82. The van der Waals surface area contributed by atoms with Gasteiger partial charge in [0.15, 0.2) is 0 Å². The van der Waals surface area contributed by atoms with Crippen molar-refractivity contribution in [2.75, 3.05) is 0 Å². The molecule has 0 saturated carbocycles. The molecule has 58 valence electrons. The van der Waals surface area contributed by atoms with Crippen LogP contribution in [0, 0.1) is 6.92 Å². The van der Waals surface area contributed by atoms with Crippen LogP contribution in [0.25, 0.3) is 0 Å². The Kier molecular flexibility index (Phi) is 3.78. The van der Waals surface area contributed by atoms with Crippen LogP contribution in [0.3, 0.4) is 0 Å². The van der Waals surface area contributed by atoms with Gasteiger partial charge in [0.25, 0.3) is 0 Å². The van der Waals surface area contributed by atoms with E-state index in [0.29, 0.717) is 0 Å². The Hall–Kier alpha value is -0.190. The quantitative estimate of drug-likeness (QED) is 0.707. The zero-order chi connectivity index (χ0) is 6.85. The highest BCUT2D eigenvalue weighted by Crippen LogP contribution is 2.13. The molecular formula is C5H10ClN3S. The van der Waals surface area contributed by atoms with E-state index in [0.717, 1.165) is 10.0 Å². The van der Waals surface area contributed by atoms with Crippen LogP contribution in [0.5, 0.6) is 0 Å². The first-order chi connectivity index (χ1) is 4.20. The predicted octanol–water partition coefficient (Wildman–Crippen LogP) is 1.29. The molecule has 0 bridgehead atoms. The number of hydrogen-bond donors (Lipinski definition) is 1. The van der Waals surface area contributed by atoms with Crippen LogP contribution in [0.4, 0.5) is 0 Å². The molecule has 0 aliphatic carbocycles. The van der Waals surface area contributed by atoms with Gasteiger partial charge in [-0.05, 0) is 13.8 Å². The largest absolute Gasteiger partial charge is 0.322 e. The molecule has 3 nitrogen and oxygen atoms in total. The number of nitrogens with two attached hydrogens (primary N) is 1. The maximum Gasteiger partial charge on any atom is 0.133 e. The summed E-state index contributed by atoms with van der Waals surface area (Å²) in [4.78, 5) is 0. The minimum absolute atomic E-state index is 0. The number of halogens is 1. The second-order valence-electron chi connectivity index (χ2n) is 1.95. The lowest BCUT2D eigenvalue weighted by atomic mass is 10.4. The van der Waals surface area contributed by atoms with Crippen molar-refractivity contribution in [3.05, 3.63) is 10.0 Å². The van der Waals surface area contributed by atoms with Crippen molar-refractivity contribution >= 4 is 23.7 Å². The van der Waals surface area contributed by atoms with Crippen molar-refractivity contribution in [3.63, 3.8) is 0 Å². The predicted molar refractivity (Wildman–Crippen MR) is 44.5 cm³/mol. The van der Waals surface area contributed by atoms with Crippen LogP contribution in [-0.4, -0.2) is 10.2 Å². The average Bonchev–Trinajstić information content (AvgIpc) is 2.14. The van der Waals surface area contributed by atoms with E-state index in [9.17, 15) is 0 Å². The molecule has 0 aliphatic heterocycles. The van der Waals surface area contributed by atoms with Crippen LogP contribution >= 0.6 is 23.7 Å². The fourth-order valence-electron chi connectivity index (χ4n) is 0.496. The molecule has 0 amide bonds. The molecule has 5 heteroatoms. The van der Waals surface area contributed by atoms with Crippen LogP contribution in [0.1, 0.15) is 23.0 Å². The minimum atomic E-state index is 0. The Morgan fingerprint density at radius 2 is 2.10 bits per heavy atom. The summed E-state index contributed by atoms with van der Waals surface area (Å²) in [5.74, 6) is 0. The zero-order valence-electron chi connectivity index (χ0n) is 5.87. The Morgan fingerprint density at radius 1 is 1.50 bits per heavy atom. The Morgan fingerprint density at radius 3 is 2.30 bits per heavy atom. The van der Waals surface area contributed by atoms with E-state index in [-0.39, 0.29) is 18.4 Å². The van der Waals surface area contributed by atoms with E-state index < -0.39 is 0 Å². The lowest BCUT2D eigenvalue weighted by Gasteiger charge is -1.93. The number of aromatic nitrogens is 2. The highest BCUT2D eigenvalue weighted by atomic mass is 35.5. The molecule has 1 aromatic rings. The third-order valence-corrected chi connectivity index (χ3v) is 1.97. The number of rotatable bonds is 1. The first kappa shape index (κ1) is 9.81. The number of hydrogen-bond acceptors (Lipinski definition) is 4. The molecule has 1 rings (SSSR count). The van der Waals surface area contributed by atoms with Crippen molar-refractivity contribution < 1.29 is 0 Å². The smallest absolute Gasteiger partial charge is 0.133 e. The fraction of sp³-hybridized carbons (Fsp3) is 0.600. The van der Waals surface area contributed by atoms with Crippen molar-refractivity contribution in [2.24, 2.45) is 5.73 Å². The van der Waals surface area contributed by atoms with Gasteiger partial charge < -0.3 is 5.73 Å². The molecule has 1 heterocycles. The molecule has 1 aromatic heterocycles. The maximum absolute atomic E-state index is 5.53. The number of aryl methyl sites for hydroxylation is 1. The van der Waals surface area contributed by atoms with E-state index in [2.05, 4.69) is 10.2 Å². The van der Waals surface area contributed by atoms with Crippen LogP contribution < -0.4 is 5.73 Å². The molecule has 2 N–H and O–H groups in total. The lowest BCUT2D eigenvalue weighted by Crippen LogP contribution is -2.03. The van der Waals surface area contributed by atoms with Crippen molar-refractivity contribution in [1.29, 1.82) is 0 Å². The molecule has 1 unspecified atom stereocenters. The van der Waals surface area contributed by atoms with Gasteiger partial charge in [-0.25, -0.2) is 0 Å². The van der Waals surface area contributed by atoms with E-state index in [1.165, 1.54) is 0 Å². The van der Waals surface area contributed by atoms with E-state index in [1.54, 1.807) is 11.3 Å². The van der Waals surface area contributed by atoms with Crippen LogP contribution in [0.2, 0.25) is 0 Å². The molecule has 0 aromatic carbocycles. The van der Waals surface area contributed by atoms with Gasteiger partial charge in [0.05, 0.1) is 6.04 Å². The monoisotopic (exact) mass is 179 g/mol. The maximum atomic E-state index is 5.53. The van der Waals surface area contributed by atoms with Gasteiger partial charge in [-0.2, -0.15) is 0 Å². The summed E-state index contributed by atoms with van der Waals surface area (Å²) >= 11 is 1.55. The molecule has 0 fully saturated rings. The Balaban J connectivity index is 0.000000810. The highest BCUT2D eigenvalue weighted by molar-refractivity contribution is 7.11. The summed E-state index contributed by atoms with van der Waals surface area (Å²) < 4.78 is 0. The van der Waals surface area contributed by atoms with Crippen molar-refractivity contribution in [2.45, 2.75) is 19.9 Å². The first-order valence-corrected chi connectivity index (χ1v) is 3.57. The molecule has 1 atom stereocenters. The second-order valence-corrected chi connectivity index (χ2v) is 3.16. The number of nitrogens with zero attached hydrogens (tertiary/aromatic N) is 2. The fourth-order valence-corrected chi connectivity index (χ4v) is 1.15. The van der Waals surface area contributed by atoms with Gasteiger partial charge in [0, 0.05) is 0 Å². The van der Waals surface area contributed by atoms with Crippen LogP contribution in [0.15, 0.2) is 0 Å². The summed E-state index contributed by atoms with van der Waals surface area (Å²) in [5, 5.41) is 9.57. The SMILES string of the molecule is Cc1nnc(C(C)N)s1.Cl. The summed E-state index contributed by atoms with van der Waals surface area (Å²) in [6, 6.07) is 0.0243. The Bertz CT molecular complexity index is 199. The average molecular weight is 180 g/mol. The molecular weight excluding hydrogens is 170 g/mol. The van der Waals surface area contributed by atoms with Crippen LogP contribution in [-0.2, 0) is 0 Å². The molecule has 0 spiro atoms. The normalized spacial score (nSPS) is 12.3. The zero-order valence-corrected chi connectivity index (χ0v) is 7.50. The molecule has 0 aliphatic rings. The third-order valence-electron chi connectivity index (χ3n) is 0.931. The minimum Gasteiger partial charge on any atom is -0.322 e. The lowest BCUT2D eigenvalue weighted by molar-refractivity contribution is 0.784. The second kappa shape index (κ2) is 3.85.